The monoisotopic (exact) mass is 465 g/mol. The summed E-state index contributed by atoms with van der Waals surface area (Å²) in [7, 11) is 0. The molecule has 0 unspecified atom stereocenters. The molecule has 2 saturated carbocycles. The number of amides is 2. The van der Waals surface area contributed by atoms with Gasteiger partial charge in [-0.1, -0.05) is 41.9 Å². The molecule has 2 amide bonds. The van der Waals surface area contributed by atoms with Gasteiger partial charge in [-0.05, 0) is 67.3 Å². The molecular weight excluding hydrogens is 442 g/mol. The van der Waals surface area contributed by atoms with E-state index < -0.39 is 18.6 Å². The number of hydrogen-bond donors (Lipinski definition) is 0. The van der Waals surface area contributed by atoms with Gasteiger partial charge >= 0.3 is 5.97 Å². The average Bonchev–Trinajstić information content (AvgIpc) is 3.47. The van der Waals surface area contributed by atoms with Gasteiger partial charge in [0.05, 0.1) is 11.8 Å². The SMILES string of the molecule is C[C@H](OC(=O)CN1C(=O)[C@@H]2[C@H]3C[C@@H]([C@@H]2C1=O)[C@@H](c1ccccc1)C3)C(=O)c1ccc(Cl)cc1. The molecule has 0 N–H and O–H groups in total. The molecule has 2 aromatic carbocycles. The average molecular weight is 466 g/mol. The predicted octanol–water partition coefficient (Wildman–Crippen LogP) is 3.88. The van der Waals surface area contributed by atoms with Gasteiger partial charge in [-0.15, -0.1) is 0 Å². The summed E-state index contributed by atoms with van der Waals surface area (Å²) in [6.07, 6.45) is 0.724. The Labute approximate surface area is 196 Å². The Morgan fingerprint density at radius 2 is 1.67 bits per heavy atom. The van der Waals surface area contributed by atoms with Gasteiger partial charge in [-0.3, -0.25) is 24.1 Å². The van der Waals surface area contributed by atoms with Crippen molar-refractivity contribution in [1.29, 1.82) is 0 Å². The minimum Gasteiger partial charge on any atom is -0.453 e. The van der Waals surface area contributed by atoms with E-state index in [1.54, 1.807) is 24.3 Å². The number of likely N-dealkylation sites (tertiary alicyclic amines) is 1. The maximum Gasteiger partial charge on any atom is 0.326 e. The van der Waals surface area contributed by atoms with Crippen molar-refractivity contribution in [2.75, 3.05) is 6.54 Å². The lowest BCUT2D eigenvalue weighted by molar-refractivity contribution is -0.155. The van der Waals surface area contributed by atoms with E-state index in [0.717, 1.165) is 17.7 Å². The van der Waals surface area contributed by atoms with Gasteiger partial charge in [0.1, 0.15) is 6.54 Å². The van der Waals surface area contributed by atoms with Gasteiger partial charge < -0.3 is 4.74 Å². The minimum atomic E-state index is -1.04. The number of rotatable bonds is 6. The third-order valence-corrected chi connectivity index (χ3v) is 7.68. The normalized spacial score (nSPS) is 28.7. The lowest BCUT2D eigenvalue weighted by Gasteiger charge is -2.28. The molecule has 0 radical (unpaired) electrons. The van der Waals surface area contributed by atoms with E-state index in [4.69, 9.17) is 16.3 Å². The van der Waals surface area contributed by atoms with Crippen LogP contribution in [0.1, 0.15) is 41.6 Å². The maximum atomic E-state index is 13.2. The van der Waals surface area contributed by atoms with Crippen LogP contribution in [0.15, 0.2) is 54.6 Å². The fraction of sp³-hybridized carbons (Fsp3) is 0.385. The van der Waals surface area contributed by atoms with Crippen LogP contribution in [-0.4, -0.2) is 41.1 Å². The van der Waals surface area contributed by atoms with Crippen LogP contribution in [0.5, 0.6) is 0 Å². The van der Waals surface area contributed by atoms with Crippen LogP contribution in [0.3, 0.4) is 0 Å². The number of benzene rings is 2. The van der Waals surface area contributed by atoms with Crippen LogP contribution in [0.4, 0.5) is 0 Å². The third kappa shape index (κ3) is 3.76. The van der Waals surface area contributed by atoms with E-state index >= 15 is 0 Å². The molecule has 7 heteroatoms. The summed E-state index contributed by atoms with van der Waals surface area (Å²) in [5.74, 6) is -1.88. The fourth-order valence-corrected chi connectivity index (χ4v) is 6.15. The number of nitrogens with zero attached hydrogens (tertiary/aromatic N) is 1. The van der Waals surface area contributed by atoms with Gasteiger partial charge in [-0.2, -0.15) is 0 Å². The van der Waals surface area contributed by atoms with E-state index in [9.17, 15) is 19.2 Å². The predicted molar refractivity (Wildman–Crippen MR) is 120 cm³/mol. The van der Waals surface area contributed by atoms with Crippen LogP contribution < -0.4 is 0 Å². The van der Waals surface area contributed by atoms with Crippen molar-refractivity contribution >= 4 is 35.2 Å². The zero-order valence-corrected chi connectivity index (χ0v) is 18.9. The number of Topliss-reactive ketones (excluding diaryl/α,β-unsaturated/α-hetero) is 1. The first-order chi connectivity index (χ1) is 15.8. The van der Waals surface area contributed by atoms with Gasteiger partial charge in [0.25, 0.3) is 0 Å². The lowest BCUT2D eigenvalue weighted by atomic mass is 9.73. The summed E-state index contributed by atoms with van der Waals surface area (Å²) in [5, 5.41) is 0.497. The van der Waals surface area contributed by atoms with Crippen molar-refractivity contribution in [2.24, 2.45) is 23.7 Å². The third-order valence-electron chi connectivity index (χ3n) is 7.43. The van der Waals surface area contributed by atoms with E-state index in [0.29, 0.717) is 10.6 Å². The molecule has 0 spiro atoms. The number of halogens is 1. The van der Waals surface area contributed by atoms with Crippen molar-refractivity contribution in [3.05, 3.63) is 70.7 Å². The number of ketones is 1. The number of ether oxygens (including phenoxy) is 1. The summed E-state index contributed by atoms with van der Waals surface area (Å²) in [4.78, 5) is 52.3. The molecule has 6 nitrogen and oxygen atoms in total. The summed E-state index contributed by atoms with van der Waals surface area (Å²) >= 11 is 5.85. The summed E-state index contributed by atoms with van der Waals surface area (Å²) in [5.41, 5.74) is 1.57. The van der Waals surface area contributed by atoms with Gasteiger partial charge in [0.2, 0.25) is 17.6 Å². The first kappa shape index (κ1) is 21.8. The summed E-state index contributed by atoms with van der Waals surface area (Å²) in [6, 6.07) is 16.4. The Morgan fingerprint density at radius 1 is 1.00 bits per heavy atom. The smallest absolute Gasteiger partial charge is 0.326 e. The Kier molecular flexibility index (Phi) is 5.57. The van der Waals surface area contributed by atoms with E-state index in [2.05, 4.69) is 12.1 Å². The Morgan fingerprint density at radius 3 is 2.36 bits per heavy atom. The molecule has 2 aliphatic carbocycles. The molecule has 1 heterocycles. The largest absolute Gasteiger partial charge is 0.453 e. The molecule has 3 fully saturated rings. The highest BCUT2D eigenvalue weighted by atomic mass is 35.5. The lowest BCUT2D eigenvalue weighted by Crippen LogP contribution is -2.39. The highest BCUT2D eigenvalue weighted by Gasteiger charge is 2.64. The van der Waals surface area contributed by atoms with Crippen molar-refractivity contribution in [3.63, 3.8) is 0 Å². The van der Waals surface area contributed by atoms with E-state index in [1.165, 1.54) is 12.5 Å². The summed E-state index contributed by atoms with van der Waals surface area (Å²) in [6.45, 7) is 1.01. The Bertz CT molecular complexity index is 1120. The molecule has 0 aromatic heterocycles. The second-order valence-electron chi connectivity index (χ2n) is 9.23. The standard InChI is InChI=1S/C26H24ClNO5/c1-14(24(30)16-7-9-18(27)10-8-16)33-21(29)13-28-25(31)22-17-11-19(15-5-3-2-4-6-15)20(12-17)23(22)26(28)32/h2-10,14,17,19-20,22-23H,11-13H2,1H3/t14-,17+,19+,20+,22+,23-/m0/s1. The van der Waals surface area contributed by atoms with Gasteiger partial charge in [0.15, 0.2) is 6.10 Å². The van der Waals surface area contributed by atoms with Gasteiger partial charge in [0, 0.05) is 10.6 Å². The molecule has 2 bridgehead atoms. The highest BCUT2D eigenvalue weighted by Crippen LogP contribution is 2.61. The molecule has 1 saturated heterocycles. The van der Waals surface area contributed by atoms with Crippen molar-refractivity contribution < 1.29 is 23.9 Å². The van der Waals surface area contributed by atoms with Crippen molar-refractivity contribution in [2.45, 2.75) is 31.8 Å². The first-order valence-electron chi connectivity index (χ1n) is 11.2. The quantitative estimate of drug-likeness (QED) is 0.367. The first-order valence-corrected chi connectivity index (χ1v) is 11.6. The van der Waals surface area contributed by atoms with Crippen LogP contribution in [0.25, 0.3) is 0 Å². The molecule has 5 rings (SSSR count). The number of fused-ring (bicyclic) bond motifs is 5. The second-order valence-corrected chi connectivity index (χ2v) is 9.67. The van der Waals surface area contributed by atoms with Crippen LogP contribution in [-0.2, 0) is 19.1 Å². The molecular formula is C26H24ClNO5. The molecule has 3 aliphatic rings. The van der Waals surface area contributed by atoms with Crippen LogP contribution in [0, 0.1) is 23.7 Å². The van der Waals surface area contributed by atoms with Gasteiger partial charge in [-0.25, -0.2) is 0 Å². The topological polar surface area (TPSA) is 80.8 Å². The maximum absolute atomic E-state index is 13.2. The number of hydrogen-bond acceptors (Lipinski definition) is 5. The van der Waals surface area contributed by atoms with E-state index in [1.807, 2.05) is 18.2 Å². The van der Waals surface area contributed by atoms with Crippen LogP contribution >= 0.6 is 11.6 Å². The highest BCUT2D eigenvalue weighted by molar-refractivity contribution is 6.30. The number of carbonyl (C=O) groups excluding carboxylic acids is 4. The van der Waals surface area contributed by atoms with Crippen molar-refractivity contribution in [1.82, 2.24) is 4.90 Å². The zero-order valence-electron chi connectivity index (χ0n) is 18.1. The fourth-order valence-electron chi connectivity index (χ4n) is 6.03. The number of esters is 1. The second kappa shape index (κ2) is 8.41. The molecule has 1 aliphatic heterocycles. The summed E-state index contributed by atoms with van der Waals surface area (Å²) < 4.78 is 5.27. The molecule has 2 aromatic rings. The number of imide groups is 1. The molecule has 33 heavy (non-hydrogen) atoms. The van der Waals surface area contributed by atoms with Crippen LogP contribution in [0.2, 0.25) is 5.02 Å². The van der Waals surface area contributed by atoms with E-state index in [-0.39, 0.29) is 47.2 Å². The molecule has 6 atom stereocenters. The zero-order chi connectivity index (χ0) is 23.3. The van der Waals surface area contributed by atoms with Crippen molar-refractivity contribution in [3.8, 4) is 0 Å². The Hall–Kier alpha value is -2.99. The number of carbonyl (C=O) groups is 4. The molecule has 170 valence electrons. The Balaban J connectivity index is 1.24. The minimum absolute atomic E-state index is 0.116.